The molecule has 0 unspecified atom stereocenters. The van der Waals surface area contributed by atoms with E-state index in [1.54, 1.807) is 13.8 Å². The third-order valence-corrected chi connectivity index (χ3v) is 6.15. The normalized spacial score (nSPS) is 15.2. The maximum absolute atomic E-state index is 10.0. The van der Waals surface area contributed by atoms with Crippen molar-refractivity contribution in [1.82, 2.24) is 19.5 Å². The quantitative estimate of drug-likeness (QED) is 0.386. The molecular formula is C24H35N7O. The Morgan fingerprint density at radius 3 is 2.69 bits per heavy atom. The van der Waals surface area contributed by atoms with Crippen LogP contribution in [0.25, 0.3) is 11.2 Å². The number of rotatable bonds is 8. The highest BCUT2D eigenvalue weighted by Crippen LogP contribution is 2.32. The Hall–Kier alpha value is -2.87. The van der Waals surface area contributed by atoms with Crippen LogP contribution in [0.4, 0.5) is 17.5 Å². The third kappa shape index (κ3) is 5.30. The molecule has 1 fully saturated rings. The molecule has 0 saturated heterocycles. The van der Waals surface area contributed by atoms with Crippen LogP contribution in [0.2, 0.25) is 0 Å². The SMILES string of the molecule is Cc1ccc(N)c(CNc2nc(NCCC(C)(C)O)nc3c2ncn3C2CCCCC2)c1. The lowest BCUT2D eigenvalue weighted by Gasteiger charge is -2.23. The number of benzene rings is 1. The molecule has 0 radical (unpaired) electrons. The number of hydrogen-bond acceptors (Lipinski definition) is 7. The number of hydrogen-bond donors (Lipinski definition) is 4. The molecule has 0 bridgehead atoms. The van der Waals surface area contributed by atoms with Gasteiger partial charge < -0.3 is 26.0 Å². The molecule has 2 heterocycles. The first-order valence-electron chi connectivity index (χ1n) is 11.6. The number of nitrogens with two attached hydrogens (primary N) is 1. The lowest BCUT2D eigenvalue weighted by atomic mass is 9.95. The van der Waals surface area contributed by atoms with E-state index in [2.05, 4.69) is 33.2 Å². The second-order valence-corrected chi connectivity index (χ2v) is 9.56. The van der Waals surface area contributed by atoms with E-state index in [4.69, 9.17) is 15.7 Å². The molecule has 4 rings (SSSR count). The minimum Gasteiger partial charge on any atom is -0.398 e. The number of nitrogens with one attached hydrogen (secondary N) is 2. The molecule has 2 aromatic heterocycles. The van der Waals surface area contributed by atoms with Gasteiger partial charge in [-0.2, -0.15) is 9.97 Å². The molecule has 1 aliphatic rings. The van der Waals surface area contributed by atoms with Crippen molar-refractivity contribution in [2.45, 2.75) is 77.5 Å². The van der Waals surface area contributed by atoms with Gasteiger partial charge in [0.1, 0.15) is 0 Å². The standard InChI is InChI=1S/C24H35N7O/c1-16-9-10-19(25)17(13-16)14-27-21-20-22(30-23(29-21)26-12-11-24(2,3)32)31(15-28-20)18-7-5-4-6-8-18/h9-10,13,15,18,32H,4-8,11-12,14,25H2,1-3H3,(H2,26,27,29,30). The van der Waals surface area contributed by atoms with E-state index < -0.39 is 5.60 Å². The first kappa shape index (κ1) is 22.3. The second kappa shape index (κ2) is 9.32. The third-order valence-electron chi connectivity index (χ3n) is 6.15. The highest BCUT2D eigenvalue weighted by molar-refractivity contribution is 5.84. The van der Waals surface area contributed by atoms with E-state index in [-0.39, 0.29) is 0 Å². The average molecular weight is 438 g/mol. The molecule has 1 aliphatic carbocycles. The molecule has 1 saturated carbocycles. The van der Waals surface area contributed by atoms with Crippen molar-refractivity contribution in [2.75, 3.05) is 22.9 Å². The van der Waals surface area contributed by atoms with Crippen molar-refractivity contribution in [3.05, 3.63) is 35.7 Å². The van der Waals surface area contributed by atoms with E-state index in [0.717, 1.165) is 35.3 Å². The fraction of sp³-hybridized carbons (Fsp3) is 0.542. The first-order valence-corrected chi connectivity index (χ1v) is 11.6. The molecule has 172 valence electrons. The molecule has 0 aliphatic heterocycles. The van der Waals surface area contributed by atoms with Gasteiger partial charge in [-0.05, 0) is 51.7 Å². The molecule has 8 nitrogen and oxygen atoms in total. The maximum Gasteiger partial charge on any atom is 0.226 e. The summed E-state index contributed by atoms with van der Waals surface area (Å²) in [6, 6.07) is 6.46. The lowest BCUT2D eigenvalue weighted by molar-refractivity contribution is 0.0748. The van der Waals surface area contributed by atoms with Gasteiger partial charge in [-0.25, -0.2) is 4.98 Å². The van der Waals surface area contributed by atoms with Gasteiger partial charge in [0.25, 0.3) is 0 Å². The van der Waals surface area contributed by atoms with Crippen molar-refractivity contribution in [1.29, 1.82) is 0 Å². The van der Waals surface area contributed by atoms with Gasteiger partial charge in [0.15, 0.2) is 17.0 Å². The van der Waals surface area contributed by atoms with Crippen LogP contribution >= 0.6 is 0 Å². The molecular weight excluding hydrogens is 402 g/mol. The molecule has 1 aromatic carbocycles. The summed E-state index contributed by atoms with van der Waals surface area (Å²) in [4.78, 5) is 14.2. The second-order valence-electron chi connectivity index (χ2n) is 9.56. The highest BCUT2D eigenvalue weighted by Gasteiger charge is 2.21. The van der Waals surface area contributed by atoms with Gasteiger partial charge in [-0.15, -0.1) is 0 Å². The Labute approximate surface area is 189 Å². The van der Waals surface area contributed by atoms with Crippen molar-refractivity contribution < 1.29 is 5.11 Å². The Morgan fingerprint density at radius 2 is 1.94 bits per heavy atom. The van der Waals surface area contributed by atoms with E-state index in [9.17, 15) is 5.11 Å². The summed E-state index contributed by atoms with van der Waals surface area (Å²) in [5.41, 5.74) is 10.00. The summed E-state index contributed by atoms with van der Waals surface area (Å²) in [6.45, 7) is 6.80. The predicted octanol–water partition coefficient (Wildman–Crippen LogP) is 4.41. The number of fused-ring (bicyclic) bond motifs is 1. The minimum atomic E-state index is -0.745. The van der Waals surface area contributed by atoms with Crippen LogP contribution in [-0.2, 0) is 6.54 Å². The Morgan fingerprint density at radius 1 is 1.16 bits per heavy atom. The predicted molar refractivity (Wildman–Crippen MR) is 130 cm³/mol. The topological polar surface area (TPSA) is 114 Å². The number of nitrogens with zero attached hydrogens (tertiary/aromatic N) is 4. The monoisotopic (exact) mass is 437 g/mol. The first-order chi connectivity index (χ1) is 15.3. The lowest BCUT2D eigenvalue weighted by Crippen LogP contribution is -2.23. The van der Waals surface area contributed by atoms with Gasteiger partial charge in [0.05, 0.1) is 11.9 Å². The van der Waals surface area contributed by atoms with Gasteiger partial charge in [0.2, 0.25) is 5.95 Å². The number of imidazole rings is 1. The van der Waals surface area contributed by atoms with E-state index in [1.165, 1.54) is 24.8 Å². The molecule has 0 amide bonds. The summed E-state index contributed by atoms with van der Waals surface area (Å²) < 4.78 is 2.21. The number of anilines is 3. The van der Waals surface area contributed by atoms with Crippen molar-refractivity contribution in [3.8, 4) is 0 Å². The summed E-state index contributed by atoms with van der Waals surface area (Å²) in [7, 11) is 0. The van der Waals surface area contributed by atoms with Crippen LogP contribution in [0.3, 0.4) is 0 Å². The number of aryl methyl sites for hydroxylation is 1. The molecule has 0 spiro atoms. The number of nitrogen functional groups attached to an aromatic ring is 1. The van der Waals surface area contributed by atoms with Gasteiger partial charge in [-0.3, -0.25) is 0 Å². The van der Waals surface area contributed by atoms with Crippen LogP contribution in [0, 0.1) is 6.92 Å². The molecule has 8 heteroatoms. The summed E-state index contributed by atoms with van der Waals surface area (Å²) in [5, 5.41) is 16.8. The maximum atomic E-state index is 10.0. The zero-order valence-corrected chi connectivity index (χ0v) is 19.4. The summed E-state index contributed by atoms with van der Waals surface area (Å²) in [5.74, 6) is 1.23. The van der Waals surface area contributed by atoms with Crippen molar-refractivity contribution in [3.63, 3.8) is 0 Å². The van der Waals surface area contributed by atoms with Crippen LogP contribution < -0.4 is 16.4 Å². The van der Waals surface area contributed by atoms with Crippen molar-refractivity contribution >= 4 is 28.6 Å². The molecule has 32 heavy (non-hydrogen) atoms. The van der Waals surface area contributed by atoms with Crippen LogP contribution in [0.5, 0.6) is 0 Å². The zero-order chi connectivity index (χ0) is 22.7. The highest BCUT2D eigenvalue weighted by atomic mass is 16.3. The fourth-order valence-corrected chi connectivity index (χ4v) is 4.29. The van der Waals surface area contributed by atoms with Gasteiger partial charge in [0, 0.05) is 24.8 Å². The number of aliphatic hydroxyl groups is 1. The Kier molecular flexibility index (Phi) is 6.50. The largest absolute Gasteiger partial charge is 0.398 e. The van der Waals surface area contributed by atoms with E-state index >= 15 is 0 Å². The van der Waals surface area contributed by atoms with Crippen LogP contribution in [-0.4, -0.2) is 36.8 Å². The van der Waals surface area contributed by atoms with Crippen LogP contribution in [0.15, 0.2) is 24.5 Å². The zero-order valence-electron chi connectivity index (χ0n) is 19.4. The van der Waals surface area contributed by atoms with E-state index in [0.29, 0.717) is 37.3 Å². The molecule has 3 aromatic rings. The minimum absolute atomic E-state index is 0.424. The van der Waals surface area contributed by atoms with Gasteiger partial charge >= 0.3 is 0 Å². The van der Waals surface area contributed by atoms with Crippen molar-refractivity contribution in [2.24, 2.45) is 0 Å². The smallest absolute Gasteiger partial charge is 0.226 e. The molecule has 0 atom stereocenters. The summed E-state index contributed by atoms with van der Waals surface area (Å²) in [6.07, 6.45) is 8.58. The van der Waals surface area contributed by atoms with Gasteiger partial charge in [-0.1, -0.05) is 37.0 Å². The Balaban J connectivity index is 1.64. The number of aromatic nitrogens is 4. The summed E-state index contributed by atoms with van der Waals surface area (Å²) >= 11 is 0. The molecule has 5 N–H and O–H groups in total. The fourth-order valence-electron chi connectivity index (χ4n) is 4.29. The van der Waals surface area contributed by atoms with Crippen LogP contribution in [0.1, 0.15) is 69.5 Å². The Bertz CT molecular complexity index is 1060. The van der Waals surface area contributed by atoms with E-state index in [1.807, 2.05) is 18.5 Å². The average Bonchev–Trinajstić information content (AvgIpc) is 3.18.